The smallest absolute Gasteiger partial charge is 0.254 e. The van der Waals surface area contributed by atoms with E-state index in [1.165, 1.54) is 0 Å². The van der Waals surface area contributed by atoms with Crippen molar-refractivity contribution in [3.8, 4) is 29.2 Å². The van der Waals surface area contributed by atoms with Crippen LogP contribution in [0.1, 0.15) is 23.2 Å². The van der Waals surface area contributed by atoms with Gasteiger partial charge in [0, 0.05) is 17.7 Å². The second kappa shape index (κ2) is 8.41. The predicted octanol–water partition coefficient (Wildman–Crippen LogP) is 2.72. The fourth-order valence-corrected chi connectivity index (χ4v) is 3.41. The highest BCUT2D eigenvalue weighted by molar-refractivity contribution is 5.99. The average molecular weight is 362 g/mol. The Bertz CT molecular complexity index is 885. The van der Waals surface area contributed by atoms with Crippen LogP contribution in [0.3, 0.4) is 0 Å². The second-order valence-corrected chi connectivity index (χ2v) is 6.36. The maximum atomic E-state index is 13.0. The van der Waals surface area contributed by atoms with E-state index >= 15 is 0 Å². The molecule has 138 valence electrons. The first-order valence-electron chi connectivity index (χ1n) is 8.91. The lowest BCUT2D eigenvalue weighted by atomic mass is 10.0. The molecule has 0 unspecified atom stereocenters. The van der Waals surface area contributed by atoms with Gasteiger partial charge in [0.2, 0.25) is 5.91 Å². The Hall–Kier alpha value is -3.26. The van der Waals surface area contributed by atoms with Crippen molar-refractivity contribution in [2.24, 2.45) is 0 Å². The minimum Gasteiger partial charge on any atom is -0.496 e. The van der Waals surface area contributed by atoms with E-state index in [0.29, 0.717) is 18.5 Å². The van der Waals surface area contributed by atoms with Gasteiger partial charge in [0.05, 0.1) is 13.7 Å². The summed E-state index contributed by atoms with van der Waals surface area (Å²) in [5.74, 6) is 2.79. The summed E-state index contributed by atoms with van der Waals surface area (Å²) in [6.07, 6.45) is 6.65. The first kappa shape index (κ1) is 18.5. The van der Waals surface area contributed by atoms with Gasteiger partial charge in [-0.25, -0.2) is 0 Å². The van der Waals surface area contributed by atoms with Gasteiger partial charge in [-0.15, -0.1) is 6.42 Å². The molecule has 27 heavy (non-hydrogen) atoms. The summed E-state index contributed by atoms with van der Waals surface area (Å²) in [6.45, 7) is 0.729. The monoisotopic (exact) mass is 362 g/mol. The fourth-order valence-electron chi connectivity index (χ4n) is 3.41. The lowest BCUT2D eigenvalue weighted by Crippen LogP contribution is -2.46. The van der Waals surface area contributed by atoms with Crippen LogP contribution in [0, 0.1) is 12.3 Å². The van der Waals surface area contributed by atoms with E-state index in [2.05, 4.69) is 11.2 Å². The number of para-hydroxylation sites is 1. The van der Waals surface area contributed by atoms with E-state index < -0.39 is 6.04 Å². The van der Waals surface area contributed by atoms with Crippen molar-refractivity contribution in [2.75, 3.05) is 20.2 Å². The van der Waals surface area contributed by atoms with Crippen LogP contribution in [0.4, 0.5) is 0 Å². The molecule has 2 aromatic carbocycles. The Kier molecular flexibility index (Phi) is 5.77. The zero-order chi connectivity index (χ0) is 19.2. The van der Waals surface area contributed by atoms with E-state index in [-0.39, 0.29) is 18.4 Å². The van der Waals surface area contributed by atoms with E-state index in [9.17, 15) is 9.59 Å². The van der Waals surface area contributed by atoms with Gasteiger partial charge in [0.15, 0.2) is 0 Å². The first-order valence-corrected chi connectivity index (χ1v) is 8.91. The molecule has 2 aromatic rings. The Morgan fingerprint density at radius 2 is 2.07 bits per heavy atom. The number of benzene rings is 2. The average Bonchev–Trinajstić information content (AvgIpc) is 3.21. The molecule has 0 aliphatic carbocycles. The van der Waals surface area contributed by atoms with Crippen molar-refractivity contribution in [1.82, 2.24) is 10.2 Å². The van der Waals surface area contributed by atoms with Crippen molar-refractivity contribution >= 4 is 11.8 Å². The van der Waals surface area contributed by atoms with Crippen LogP contribution in [0.15, 0.2) is 48.5 Å². The number of nitrogens with one attached hydrogen (secondary N) is 1. The number of hydrogen-bond acceptors (Lipinski definition) is 3. The quantitative estimate of drug-likeness (QED) is 0.832. The highest BCUT2D eigenvalue weighted by atomic mass is 16.5. The van der Waals surface area contributed by atoms with E-state index in [0.717, 1.165) is 23.3 Å². The highest BCUT2D eigenvalue weighted by Crippen LogP contribution is 2.30. The third-order valence-corrected chi connectivity index (χ3v) is 4.71. The number of rotatable bonds is 5. The predicted molar refractivity (Wildman–Crippen MR) is 104 cm³/mol. The molecule has 2 amide bonds. The number of likely N-dealkylation sites (tertiary alicyclic amines) is 1. The van der Waals surface area contributed by atoms with Gasteiger partial charge in [-0.05, 0) is 36.6 Å². The van der Waals surface area contributed by atoms with Gasteiger partial charge < -0.3 is 15.0 Å². The molecular formula is C22H22N2O3. The lowest BCUT2D eigenvalue weighted by molar-refractivity contribution is -0.124. The molecule has 1 saturated heterocycles. The summed E-state index contributed by atoms with van der Waals surface area (Å²) in [4.78, 5) is 27.0. The van der Waals surface area contributed by atoms with Crippen LogP contribution < -0.4 is 10.1 Å². The first-order chi connectivity index (χ1) is 13.2. The van der Waals surface area contributed by atoms with Gasteiger partial charge >= 0.3 is 0 Å². The molecular weight excluding hydrogens is 340 g/mol. The molecule has 1 N–H and O–H groups in total. The normalized spacial score (nSPS) is 15.9. The minimum atomic E-state index is -0.472. The van der Waals surface area contributed by atoms with Crippen LogP contribution in [-0.4, -0.2) is 43.0 Å². The second-order valence-electron chi connectivity index (χ2n) is 6.36. The summed E-state index contributed by atoms with van der Waals surface area (Å²) >= 11 is 0. The standard InChI is InChI=1S/C22H22N2O3/c1-3-13-23-21(25)19-11-7-14-24(19)22(26)17-9-6-8-16(15-17)18-10-4-5-12-20(18)27-2/h1,4-6,8-10,12,15,19H,7,11,13-14H2,2H3,(H,23,25)/t19-/m0/s1. The van der Waals surface area contributed by atoms with Crippen LogP contribution in [0.5, 0.6) is 5.75 Å². The third-order valence-electron chi connectivity index (χ3n) is 4.71. The fraction of sp³-hybridized carbons (Fsp3) is 0.273. The molecule has 5 heteroatoms. The van der Waals surface area contributed by atoms with E-state index in [1.54, 1.807) is 18.1 Å². The van der Waals surface area contributed by atoms with Crippen molar-refractivity contribution in [3.63, 3.8) is 0 Å². The molecule has 0 saturated carbocycles. The minimum absolute atomic E-state index is 0.148. The van der Waals surface area contributed by atoms with Gasteiger partial charge in [0.25, 0.3) is 5.91 Å². The van der Waals surface area contributed by atoms with Crippen molar-refractivity contribution in [1.29, 1.82) is 0 Å². The molecule has 0 bridgehead atoms. The maximum absolute atomic E-state index is 13.0. The third kappa shape index (κ3) is 3.95. The molecule has 0 aromatic heterocycles. The van der Waals surface area contributed by atoms with E-state index in [1.807, 2.05) is 42.5 Å². The maximum Gasteiger partial charge on any atom is 0.254 e. The van der Waals surface area contributed by atoms with Crippen molar-refractivity contribution in [2.45, 2.75) is 18.9 Å². The highest BCUT2D eigenvalue weighted by Gasteiger charge is 2.34. The number of carbonyl (C=O) groups is 2. The number of methoxy groups -OCH3 is 1. The van der Waals surface area contributed by atoms with Gasteiger partial charge in [-0.2, -0.15) is 0 Å². The Morgan fingerprint density at radius 3 is 2.85 bits per heavy atom. The summed E-state index contributed by atoms with van der Waals surface area (Å²) in [6, 6.07) is 14.6. The largest absolute Gasteiger partial charge is 0.496 e. The Labute approximate surface area is 159 Å². The van der Waals surface area contributed by atoms with Gasteiger partial charge in [-0.1, -0.05) is 36.3 Å². The molecule has 3 rings (SSSR count). The Balaban J connectivity index is 1.85. The Morgan fingerprint density at radius 1 is 1.26 bits per heavy atom. The molecule has 1 aliphatic rings. The van der Waals surface area contributed by atoms with Gasteiger partial charge in [-0.3, -0.25) is 9.59 Å². The SMILES string of the molecule is C#CCNC(=O)[C@@H]1CCCN1C(=O)c1cccc(-c2ccccc2OC)c1. The zero-order valence-corrected chi connectivity index (χ0v) is 15.3. The molecule has 1 atom stereocenters. The number of hydrogen-bond donors (Lipinski definition) is 1. The number of ether oxygens (including phenoxy) is 1. The van der Waals surface area contributed by atoms with Crippen molar-refractivity contribution in [3.05, 3.63) is 54.1 Å². The molecule has 0 spiro atoms. The molecule has 5 nitrogen and oxygen atoms in total. The van der Waals surface area contributed by atoms with Crippen LogP contribution in [0.25, 0.3) is 11.1 Å². The summed E-state index contributed by atoms with van der Waals surface area (Å²) in [5.41, 5.74) is 2.36. The number of carbonyl (C=O) groups excluding carboxylic acids is 2. The molecule has 1 fully saturated rings. The van der Waals surface area contributed by atoms with Crippen LogP contribution >= 0.6 is 0 Å². The number of terminal acetylenes is 1. The number of nitrogens with zero attached hydrogens (tertiary/aromatic N) is 1. The summed E-state index contributed by atoms with van der Waals surface area (Å²) in [5, 5.41) is 2.68. The topological polar surface area (TPSA) is 58.6 Å². The van der Waals surface area contributed by atoms with Crippen LogP contribution in [0.2, 0.25) is 0 Å². The molecule has 1 heterocycles. The van der Waals surface area contributed by atoms with E-state index in [4.69, 9.17) is 11.2 Å². The van der Waals surface area contributed by atoms with Crippen LogP contribution in [-0.2, 0) is 4.79 Å². The van der Waals surface area contributed by atoms with Crippen molar-refractivity contribution < 1.29 is 14.3 Å². The lowest BCUT2D eigenvalue weighted by Gasteiger charge is -2.24. The molecule has 1 aliphatic heterocycles. The van der Waals surface area contributed by atoms with Gasteiger partial charge in [0.1, 0.15) is 11.8 Å². The molecule has 0 radical (unpaired) electrons. The summed E-state index contributed by atoms with van der Waals surface area (Å²) < 4.78 is 5.42. The zero-order valence-electron chi connectivity index (χ0n) is 15.3. The number of amides is 2. The summed E-state index contributed by atoms with van der Waals surface area (Å²) in [7, 11) is 1.62.